The van der Waals surface area contributed by atoms with E-state index in [1.807, 2.05) is 0 Å². The summed E-state index contributed by atoms with van der Waals surface area (Å²) in [6, 6.07) is 0. The Kier molecular flexibility index (Phi) is 2.99. The van der Waals surface area contributed by atoms with Gasteiger partial charge in [-0.25, -0.2) is 0 Å². The van der Waals surface area contributed by atoms with Gasteiger partial charge in [0.25, 0.3) is 0 Å². The number of aliphatic hydroxyl groups excluding tert-OH is 1. The van der Waals surface area contributed by atoms with Gasteiger partial charge in [0.1, 0.15) is 0 Å². The molecule has 1 aromatic rings. The second-order valence-corrected chi connectivity index (χ2v) is 5.32. The Labute approximate surface area is 110 Å². The van der Waals surface area contributed by atoms with E-state index >= 15 is 0 Å². The van der Waals surface area contributed by atoms with Gasteiger partial charge in [0.2, 0.25) is 17.2 Å². The minimum atomic E-state index is -0.243. The van der Waals surface area contributed by atoms with Crippen molar-refractivity contribution >= 4 is 23.5 Å². The van der Waals surface area contributed by atoms with Crippen LogP contribution in [0, 0.1) is 0 Å². The van der Waals surface area contributed by atoms with E-state index in [9.17, 15) is 5.11 Å². The maximum Gasteiger partial charge on any atom is 0.231 e. The summed E-state index contributed by atoms with van der Waals surface area (Å²) in [7, 11) is 0. The molecule has 18 heavy (non-hydrogen) atoms. The predicted molar refractivity (Wildman–Crippen MR) is 69.0 cm³/mol. The summed E-state index contributed by atoms with van der Waals surface area (Å²) < 4.78 is 0. The zero-order valence-corrected chi connectivity index (χ0v) is 10.8. The van der Waals surface area contributed by atoms with Gasteiger partial charge >= 0.3 is 0 Å². The Bertz CT molecular complexity index is 445. The van der Waals surface area contributed by atoms with Crippen LogP contribution < -0.4 is 10.2 Å². The molecule has 1 aromatic heterocycles. The summed E-state index contributed by atoms with van der Waals surface area (Å²) in [4.78, 5) is 14.7. The second-order valence-electron chi connectivity index (χ2n) is 4.99. The molecule has 3 rings (SSSR count). The summed E-state index contributed by atoms with van der Waals surface area (Å²) in [6.45, 7) is 2.02. The van der Waals surface area contributed by atoms with Gasteiger partial charge in [0.05, 0.1) is 12.1 Å². The fourth-order valence-electron chi connectivity index (χ4n) is 2.16. The van der Waals surface area contributed by atoms with E-state index in [4.69, 9.17) is 11.6 Å². The molecule has 1 saturated carbocycles. The number of nitrogens with one attached hydrogen (secondary N) is 1. The van der Waals surface area contributed by atoms with Crippen LogP contribution in [0.4, 0.5) is 11.9 Å². The highest BCUT2D eigenvalue weighted by Crippen LogP contribution is 2.37. The standard InChI is InChI=1S/C11H16ClN5O/c12-8-13-9(16-11(7-18)3-4-11)15-10(14-8)17-5-1-2-6-17/h18H,1-7H2,(H,13,14,15,16). The fourth-order valence-corrected chi connectivity index (χ4v) is 2.32. The van der Waals surface area contributed by atoms with Crippen molar-refractivity contribution < 1.29 is 5.11 Å². The van der Waals surface area contributed by atoms with Crippen LogP contribution in [0.5, 0.6) is 0 Å². The molecule has 0 atom stereocenters. The first kappa shape index (κ1) is 11.9. The lowest BCUT2D eigenvalue weighted by atomic mass is 10.3. The normalized spacial score (nSPS) is 21.1. The van der Waals surface area contributed by atoms with Crippen molar-refractivity contribution in [2.75, 3.05) is 29.9 Å². The van der Waals surface area contributed by atoms with Gasteiger partial charge in [0.15, 0.2) is 0 Å². The van der Waals surface area contributed by atoms with Crippen molar-refractivity contribution in [1.29, 1.82) is 0 Å². The molecule has 6 nitrogen and oxygen atoms in total. The minimum absolute atomic E-state index is 0.0926. The lowest BCUT2D eigenvalue weighted by Crippen LogP contribution is -2.28. The molecule has 2 N–H and O–H groups in total. The molecular weight excluding hydrogens is 254 g/mol. The first-order valence-electron chi connectivity index (χ1n) is 6.26. The number of nitrogens with zero attached hydrogens (tertiary/aromatic N) is 4. The Hall–Kier alpha value is -1.14. The van der Waals surface area contributed by atoms with E-state index in [1.54, 1.807) is 0 Å². The third-order valence-electron chi connectivity index (χ3n) is 3.52. The van der Waals surface area contributed by atoms with Crippen LogP contribution in [0.3, 0.4) is 0 Å². The van der Waals surface area contributed by atoms with E-state index in [-0.39, 0.29) is 17.4 Å². The van der Waals surface area contributed by atoms with Gasteiger partial charge in [-0.2, -0.15) is 15.0 Å². The van der Waals surface area contributed by atoms with Crippen molar-refractivity contribution in [2.45, 2.75) is 31.2 Å². The van der Waals surface area contributed by atoms with Crippen molar-refractivity contribution in [3.05, 3.63) is 5.28 Å². The maximum atomic E-state index is 9.29. The summed E-state index contributed by atoms with van der Waals surface area (Å²) in [5, 5.41) is 12.6. The summed E-state index contributed by atoms with van der Waals surface area (Å²) >= 11 is 5.93. The fraction of sp³-hybridized carbons (Fsp3) is 0.727. The van der Waals surface area contributed by atoms with Crippen molar-refractivity contribution in [3.63, 3.8) is 0 Å². The lowest BCUT2D eigenvalue weighted by molar-refractivity contribution is 0.265. The van der Waals surface area contributed by atoms with Gasteiger partial charge < -0.3 is 15.3 Å². The Balaban J connectivity index is 1.81. The molecule has 0 amide bonds. The number of anilines is 2. The molecule has 1 saturated heterocycles. The van der Waals surface area contributed by atoms with E-state index in [1.165, 1.54) is 0 Å². The van der Waals surface area contributed by atoms with Gasteiger partial charge in [-0.05, 0) is 37.3 Å². The molecule has 0 aromatic carbocycles. The van der Waals surface area contributed by atoms with E-state index < -0.39 is 0 Å². The highest BCUT2D eigenvalue weighted by atomic mass is 35.5. The molecule has 1 aliphatic heterocycles. The van der Waals surface area contributed by atoms with Gasteiger partial charge in [-0.3, -0.25) is 0 Å². The maximum absolute atomic E-state index is 9.29. The molecule has 2 fully saturated rings. The smallest absolute Gasteiger partial charge is 0.231 e. The average molecular weight is 270 g/mol. The van der Waals surface area contributed by atoms with Crippen molar-refractivity contribution in [2.24, 2.45) is 0 Å². The number of rotatable bonds is 4. The number of hydrogen-bond acceptors (Lipinski definition) is 6. The first-order chi connectivity index (χ1) is 8.71. The van der Waals surface area contributed by atoms with Gasteiger partial charge in [-0.15, -0.1) is 0 Å². The molecule has 0 bridgehead atoms. The third-order valence-corrected chi connectivity index (χ3v) is 3.69. The third kappa shape index (κ3) is 2.35. The van der Waals surface area contributed by atoms with E-state index in [0.29, 0.717) is 11.9 Å². The summed E-state index contributed by atoms with van der Waals surface area (Å²) in [5.41, 5.74) is -0.243. The zero-order valence-electron chi connectivity index (χ0n) is 10.1. The zero-order chi connectivity index (χ0) is 12.6. The molecule has 0 radical (unpaired) electrons. The van der Waals surface area contributed by atoms with Crippen LogP contribution in [0.1, 0.15) is 25.7 Å². The Morgan fingerprint density at radius 2 is 1.94 bits per heavy atom. The van der Waals surface area contributed by atoms with Crippen LogP contribution in [-0.2, 0) is 0 Å². The number of aromatic nitrogens is 3. The van der Waals surface area contributed by atoms with Crippen LogP contribution in [-0.4, -0.2) is 45.3 Å². The van der Waals surface area contributed by atoms with Crippen LogP contribution in [0.25, 0.3) is 0 Å². The Morgan fingerprint density at radius 3 is 2.56 bits per heavy atom. The van der Waals surface area contributed by atoms with E-state index in [2.05, 4.69) is 25.2 Å². The van der Waals surface area contributed by atoms with Crippen molar-refractivity contribution in [3.8, 4) is 0 Å². The predicted octanol–water partition coefficient (Wildman–Crippen LogP) is 1.06. The largest absolute Gasteiger partial charge is 0.394 e. The minimum Gasteiger partial charge on any atom is -0.394 e. The van der Waals surface area contributed by atoms with Crippen molar-refractivity contribution in [1.82, 2.24) is 15.0 Å². The molecule has 1 aliphatic carbocycles. The number of halogens is 1. The van der Waals surface area contributed by atoms with Gasteiger partial charge in [-0.1, -0.05) is 0 Å². The topological polar surface area (TPSA) is 74.2 Å². The van der Waals surface area contributed by atoms with Crippen LogP contribution in [0.15, 0.2) is 0 Å². The molecule has 98 valence electrons. The van der Waals surface area contributed by atoms with Crippen LogP contribution in [0.2, 0.25) is 5.28 Å². The number of aliphatic hydroxyl groups is 1. The monoisotopic (exact) mass is 269 g/mol. The SMILES string of the molecule is OCC1(Nc2nc(Cl)nc(N3CCCC3)n2)CC1. The molecule has 0 unspecified atom stereocenters. The van der Waals surface area contributed by atoms with E-state index in [0.717, 1.165) is 38.8 Å². The summed E-state index contributed by atoms with van der Waals surface area (Å²) in [6.07, 6.45) is 4.19. The first-order valence-corrected chi connectivity index (χ1v) is 6.64. The lowest BCUT2D eigenvalue weighted by Gasteiger charge is -2.18. The van der Waals surface area contributed by atoms with Gasteiger partial charge in [0, 0.05) is 13.1 Å². The molecular formula is C11H16ClN5O. The Morgan fingerprint density at radius 1 is 1.22 bits per heavy atom. The second kappa shape index (κ2) is 4.51. The molecule has 7 heteroatoms. The average Bonchev–Trinajstić information content (AvgIpc) is 2.92. The summed E-state index contributed by atoms with van der Waals surface area (Å²) in [5.74, 6) is 1.09. The quantitative estimate of drug-likeness (QED) is 0.852. The molecule has 2 heterocycles. The number of hydrogen-bond donors (Lipinski definition) is 2. The van der Waals surface area contributed by atoms with Crippen LogP contribution >= 0.6 is 11.6 Å². The highest BCUT2D eigenvalue weighted by molar-refractivity contribution is 6.28. The molecule has 0 spiro atoms. The molecule has 2 aliphatic rings. The highest BCUT2D eigenvalue weighted by Gasteiger charge is 2.42.